The van der Waals surface area contributed by atoms with E-state index in [9.17, 15) is 24.1 Å². The maximum atomic E-state index is 14.0. The van der Waals surface area contributed by atoms with Gasteiger partial charge < -0.3 is 10.1 Å². The minimum Gasteiger partial charge on any atom is -0.462 e. The maximum absolute atomic E-state index is 14.0. The van der Waals surface area contributed by atoms with Crippen LogP contribution in [0.5, 0.6) is 0 Å². The van der Waals surface area contributed by atoms with Gasteiger partial charge in [-0.2, -0.15) is 0 Å². The number of non-ortho nitro benzene ring substituents is 1. The minimum absolute atomic E-state index is 0.0857. The van der Waals surface area contributed by atoms with E-state index in [2.05, 4.69) is 5.32 Å². The molecule has 0 aliphatic carbocycles. The number of thiophene rings is 1. The molecule has 0 aliphatic heterocycles. The quantitative estimate of drug-likeness (QED) is 0.331. The van der Waals surface area contributed by atoms with Crippen LogP contribution in [0.4, 0.5) is 15.1 Å². The van der Waals surface area contributed by atoms with Gasteiger partial charge in [-0.25, -0.2) is 9.18 Å². The molecular formula is C21H17FN2O5S. The van der Waals surface area contributed by atoms with E-state index in [1.165, 1.54) is 48.5 Å². The number of nitro benzene ring substituents is 1. The van der Waals surface area contributed by atoms with Crippen LogP contribution in [0.1, 0.15) is 32.5 Å². The number of halogens is 1. The molecule has 3 aromatic rings. The number of hydrogen-bond acceptors (Lipinski definition) is 6. The number of nitrogens with zero attached hydrogens (tertiary/aromatic N) is 1. The molecule has 0 aliphatic rings. The number of amides is 1. The van der Waals surface area contributed by atoms with Gasteiger partial charge in [-0.3, -0.25) is 14.9 Å². The molecule has 30 heavy (non-hydrogen) atoms. The smallest absolute Gasteiger partial charge is 0.341 e. The Bertz CT molecular complexity index is 1120. The topological polar surface area (TPSA) is 98.5 Å². The van der Waals surface area contributed by atoms with Crippen LogP contribution in [-0.2, 0) is 4.74 Å². The zero-order valence-corrected chi connectivity index (χ0v) is 16.9. The number of nitrogens with one attached hydrogen (secondary N) is 1. The average molecular weight is 428 g/mol. The Morgan fingerprint density at radius 1 is 1.17 bits per heavy atom. The molecule has 0 radical (unpaired) electrons. The van der Waals surface area contributed by atoms with Crippen molar-refractivity contribution >= 4 is 33.9 Å². The van der Waals surface area contributed by atoms with Crippen molar-refractivity contribution in [2.45, 2.75) is 13.8 Å². The van der Waals surface area contributed by atoms with Crippen molar-refractivity contribution in [3.63, 3.8) is 0 Å². The summed E-state index contributed by atoms with van der Waals surface area (Å²) < 4.78 is 19.1. The molecule has 0 fully saturated rings. The molecule has 0 saturated carbocycles. The molecule has 0 bridgehead atoms. The second-order valence-electron chi connectivity index (χ2n) is 6.20. The van der Waals surface area contributed by atoms with Gasteiger partial charge in [0.1, 0.15) is 16.4 Å². The fraction of sp³-hybridized carbons (Fsp3) is 0.143. The van der Waals surface area contributed by atoms with Crippen LogP contribution in [0.2, 0.25) is 0 Å². The number of ether oxygens (including phenoxy) is 1. The van der Waals surface area contributed by atoms with Gasteiger partial charge in [0.15, 0.2) is 0 Å². The summed E-state index contributed by atoms with van der Waals surface area (Å²) >= 11 is 1.14. The third-order valence-corrected chi connectivity index (χ3v) is 5.30. The highest BCUT2D eigenvalue weighted by Crippen LogP contribution is 2.41. The number of rotatable bonds is 6. The van der Waals surface area contributed by atoms with Crippen molar-refractivity contribution in [1.29, 1.82) is 0 Å². The number of hydrogen-bond donors (Lipinski definition) is 1. The molecule has 1 aromatic heterocycles. The fourth-order valence-electron chi connectivity index (χ4n) is 2.94. The first-order valence-corrected chi connectivity index (χ1v) is 9.76. The summed E-state index contributed by atoms with van der Waals surface area (Å²) in [6, 6.07) is 11.2. The van der Waals surface area contributed by atoms with E-state index in [-0.39, 0.29) is 28.4 Å². The number of benzene rings is 2. The van der Waals surface area contributed by atoms with E-state index in [1.807, 2.05) is 0 Å². The summed E-state index contributed by atoms with van der Waals surface area (Å²) in [7, 11) is 0. The highest BCUT2D eigenvalue weighted by molar-refractivity contribution is 7.17. The lowest BCUT2D eigenvalue weighted by molar-refractivity contribution is -0.384. The Labute approximate surface area is 175 Å². The van der Waals surface area contributed by atoms with E-state index in [4.69, 9.17) is 4.74 Å². The van der Waals surface area contributed by atoms with Crippen LogP contribution in [0.15, 0.2) is 48.5 Å². The largest absolute Gasteiger partial charge is 0.462 e. The first-order chi connectivity index (χ1) is 14.3. The lowest BCUT2D eigenvalue weighted by Crippen LogP contribution is -2.16. The third-order valence-electron chi connectivity index (χ3n) is 4.28. The summed E-state index contributed by atoms with van der Waals surface area (Å²) in [6.07, 6.45) is 0. The molecule has 1 amide bonds. The monoisotopic (exact) mass is 428 g/mol. The van der Waals surface area contributed by atoms with Crippen molar-refractivity contribution in [2.75, 3.05) is 11.9 Å². The fourth-order valence-corrected chi connectivity index (χ4v) is 4.00. The number of anilines is 1. The first kappa shape index (κ1) is 21.1. The Kier molecular flexibility index (Phi) is 6.22. The Balaban J connectivity index is 2.07. The molecule has 0 spiro atoms. The molecule has 0 atom stereocenters. The van der Waals surface area contributed by atoms with Gasteiger partial charge >= 0.3 is 5.97 Å². The van der Waals surface area contributed by atoms with Gasteiger partial charge in [0.05, 0.1) is 17.1 Å². The standard InChI is InChI=1S/C21H17FN2O5S/c1-3-29-21(26)18-17(13-8-10-14(11-9-13)24(27)28)12(2)30-20(18)23-19(25)15-6-4-5-7-16(15)22/h4-11H,3H2,1-2H3,(H,23,25). The Morgan fingerprint density at radius 3 is 2.43 bits per heavy atom. The number of carbonyl (C=O) groups is 2. The molecular weight excluding hydrogens is 411 g/mol. The van der Waals surface area contributed by atoms with E-state index in [0.29, 0.717) is 16.0 Å². The first-order valence-electron chi connectivity index (χ1n) is 8.94. The molecule has 3 rings (SSSR count). The molecule has 7 nitrogen and oxygen atoms in total. The van der Waals surface area contributed by atoms with E-state index in [0.717, 1.165) is 11.3 Å². The Hall–Kier alpha value is -3.59. The summed E-state index contributed by atoms with van der Waals surface area (Å²) in [4.78, 5) is 36.3. The molecule has 9 heteroatoms. The lowest BCUT2D eigenvalue weighted by Gasteiger charge is -2.09. The van der Waals surface area contributed by atoms with Crippen LogP contribution in [0.25, 0.3) is 11.1 Å². The Morgan fingerprint density at radius 2 is 1.83 bits per heavy atom. The zero-order valence-electron chi connectivity index (χ0n) is 16.1. The van der Waals surface area contributed by atoms with Gasteiger partial charge in [-0.15, -0.1) is 11.3 Å². The highest BCUT2D eigenvalue weighted by atomic mass is 32.1. The average Bonchev–Trinajstić information content (AvgIpc) is 3.04. The number of esters is 1. The van der Waals surface area contributed by atoms with Crippen molar-refractivity contribution < 1.29 is 23.6 Å². The maximum Gasteiger partial charge on any atom is 0.341 e. The lowest BCUT2D eigenvalue weighted by atomic mass is 10.0. The summed E-state index contributed by atoms with van der Waals surface area (Å²) in [6.45, 7) is 3.53. The SMILES string of the molecule is CCOC(=O)c1c(NC(=O)c2ccccc2F)sc(C)c1-c1ccc([N+](=O)[O-])cc1. The minimum atomic E-state index is -0.699. The van der Waals surface area contributed by atoms with Crippen molar-refractivity contribution in [2.24, 2.45) is 0 Å². The van der Waals surface area contributed by atoms with Crippen molar-refractivity contribution in [3.05, 3.63) is 80.5 Å². The van der Waals surface area contributed by atoms with E-state index in [1.54, 1.807) is 13.8 Å². The summed E-state index contributed by atoms with van der Waals surface area (Å²) in [5.74, 6) is -2.04. The predicted molar refractivity (Wildman–Crippen MR) is 111 cm³/mol. The van der Waals surface area contributed by atoms with E-state index >= 15 is 0 Å². The van der Waals surface area contributed by atoms with Gasteiger partial charge in [0.2, 0.25) is 0 Å². The van der Waals surface area contributed by atoms with Gasteiger partial charge in [-0.05, 0) is 43.7 Å². The van der Waals surface area contributed by atoms with Gasteiger partial charge in [0.25, 0.3) is 11.6 Å². The van der Waals surface area contributed by atoms with Gasteiger partial charge in [-0.1, -0.05) is 12.1 Å². The molecule has 1 N–H and O–H groups in total. The molecule has 2 aromatic carbocycles. The predicted octanol–water partition coefficient (Wildman–Crippen LogP) is 5.20. The summed E-state index contributed by atoms with van der Waals surface area (Å²) in [5.41, 5.74) is 0.937. The number of nitro groups is 1. The van der Waals surface area contributed by atoms with Crippen LogP contribution < -0.4 is 5.32 Å². The number of carbonyl (C=O) groups excluding carboxylic acids is 2. The van der Waals surface area contributed by atoms with Crippen LogP contribution in [-0.4, -0.2) is 23.4 Å². The van der Waals surface area contributed by atoms with Crippen LogP contribution in [0, 0.1) is 22.9 Å². The van der Waals surface area contributed by atoms with Crippen molar-refractivity contribution in [3.8, 4) is 11.1 Å². The highest BCUT2D eigenvalue weighted by Gasteiger charge is 2.26. The number of aryl methyl sites for hydroxylation is 1. The molecule has 0 saturated heterocycles. The molecule has 154 valence electrons. The third kappa shape index (κ3) is 4.20. The van der Waals surface area contributed by atoms with E-state index < -0.39 is 22.6 Å². The zero-order chi connectivity index (χ0) is 21.8. The van der Waals surface area contributed by atoms with Crippen molar-refractivity contribution in [1.82, 2.24) is 0 Å². The van der Waals surface area contributed by atoms with Crippen LogP contribution >= 0.6 is 11.3 Å². The van der Waals surface area contributed by atoms with Gasteiger partial charge in [0, 0.05) is 22.6 Å². The second-order valence-corrected chi connectivity index (χ2v) is 7.42. The van der Waals surface area contributed by atoms with Crippen LogP contribution in [0.3, 0.4) is 0 Å². The second kappa shape index (κ2) is 8.83. The normalized spacial score (nSPS) is 10.5. The molecule has 0 unspecified atom stereocenters. The molecule has 1 heterocycles. The summed E-state index contributed by atoms with van der Waals surface area (Å²) in [5, 5.41) is 13.7.